The first kappa shape index (κ1) is 16.0. The lowest BCUT2D eigenvalue weighted by molar-refractivity contribution is -0.123. The lowest BCUT2D eigenvalue weighted by Gasteiger charge is -2.08. The number of benzene rings is 1. The van der Waals surface area contributed by atoms with Crippen LogP contribution < -0.4 is 15.4 Å². The van der Waals surface area contributed by atoms with Crippen LogP contribution in [-0.4, -0.2) is 25.6 Å². The number of amides is 1. The first-order valence-corrected chi connectivity index (χ1v) is 6.82. The van der Waals surface area contributed by atoms with Gasteiger partial charge in [0.15, 0.2) is 6.61 Å². The van der Waals surface area contributed by atoms with Crippen LogP contribution in [-0.2, 0) is 11.3 Å². The summed E-state index contributed by atoms with van der Waals surface area (Å²) < 4.78 is 5.36. The second-order valence-corrected chi connectivity index (χ2v) is 4.37. The van der Waals surface area contributed by atoms with E-state index in [0.717, 1.165) is 19.5 Å². The molecule has 1 aromatic carbocycles. The van der Waals surface area contributed by atoms with Gasteiger partial charge in [-0.25, -0.2) is 0 Å². The van der Waals surface area contributed by atoms with Gasteiger partial charge in [-0.05, 0) is 30.7 Å². The molecule has 0 aromatic heterocycles. The van der Waals surface area contributed by atoms with Gasteiger partial charge in [0.2, 0.25) is 0 Å². The SMILES string of the molecule is CCCNCc1ccc(OCC(=O)NCCC#N)cc1. The molecule has 108 valence electrons. The quantitative estimate of drug-likeness (QED) is 0.671. The van der Waals surface area contributed by atoms with Crippen LogP contribution in [0.1, 0.15) is 25.3 Å². The van der Waals surface area contributed by atoms with Gasteiger partial charge in [-0.1, -0.05) is 19.1 Å². The minimum absolute atomic E-state index is 0.0289. The molecule has 1 amide bonds. The molecule has 0 saturated heterocycles. The molecule has 20 heavy (non-hydrogen) atoms. The Morgan fingerprint density at radius 2 is 2.05 bits per heavy atom. The van der Waals surface area contributed by atoms with Crippen molar-refractivity contribution in [3.8, 4) is 11.8 Å². The van der Waals surface area contributed by atoms with E-state index < -0.39 is 0 Å². The molecule has 5 nitrogen and oxygen atoms in total. The highest BCUT2D eigenvalue weighted by molar-refractivity contribution is 5.77. The minimum atomic E-state index is -0.214. The van der Waals surface area contributed by atoms with Crippen molar-refractivity contribution in [2.45, 2.75) is 26.3 Å². The molecule has 0 aliphatic carbocycles. The fourth-order valence-corrected chi connectivity index (χ4v) is 1.57. The van der Waals surface area contributed by atoms with E-state index in [1.165, 1.54) is 5.56 Å². The summed E-state index contributed by atoms with van der Waals surface area (Å²) in [4.78, 5) is 11.4. The minimum Gasteiger partial charge on any atom is -0.484 e. The van der Waals surface area contributed by atoms with E-state index in [0.29, 0.717) is 18.7 Å². The Morgan fingerprint density at radius 1 is 1.30 bits per heavy atom. The molecule has 0 saturated carbocycles. The fourth-order valence-electron chi connectivity index (χ4n) is 1.57. The Kier molecular flexibility index (Phi) is 7.85. The van der Waals surface area contributed by atoms with Crippen LogP contribution in [0.3, 0.4) is 0 Å². The Labute approximate surface area is 119 Å². The molecule has 0 aliphatic rings. The average Bonchev–Trinajstić information content (AvgIpc) is 2.47. The Bertz CT molecular complexity index is 437. The highest BCUT2D eigenvalue weighted by Gasteiger charge is 2.02. The van der Waals surface area contributed by atoms with Crippen molar-refractivity contribution in [3.63, 3.8) is 0 Å². The van der Waals surface area contributed by atoms with Crippen molar-refractivity contribution in [3.05, 3.63) is 29.8 Å². The Balaban J connectivity index is 2.27. The molecule has 0 fully saturated rings. The molecule has 0 aliphatic heterocycles. The lowest BCUT2D eigenvalue weighted by atomic mass is 10.2. The van der Waals surface area contributed by atoms with Crippen LogP contribution in [0.2, 0.25) is 0 Å². The maximum absolute atomic E-state index is 11.4. The van der Waals surface area contributed by atoms with Gasteiger partial charge < -0.3 is 15.4 Å². The molecule has 1 rings (SSSR count). The van der Waals surface area contributed by atoms with Crippen molar-refractivity contribution in [2.24, 2.45) is 0 Å². The second-order valence-electron chi connectivity index (χ2n) is 4.37. The number of nitrogens with one attached hydrogen (secondary N) is 2. The number of hydrogen-bond donors (Lipinski definition) is 2. The summed E-state index contributed by atoms with van der Waals surface area (Å²) in [5.74, 6) is 0.452. The van der Waals surface area contributed by atoms with E-state index >= 15 is 0 Å². The van der Waals surface area contributed by atoms with Crippen molar-refractivity contribution in [1.82, 2.24) is 10.6 Å². The maximum atomic E-state index is 11.4. The lowest BCUT2D eigenvalue weighted by Crippen LogP contribution is -2.29. The average molecular weight is 275 g/mol. The number of nitrogens with zero attached hydrogens (tertiary/aromatic N) is 1. The molecule has 0 heterocycles. The number of nitriles is 1. The first-order valence-electron chi connectivity index (χ1n) is 6.82. The Morgan fingerprint density at radius 3 is 2.70 bits per heavy atom. The monoisotopic (exact) mass is 275 g/mol. The van der Waals surface area contributed by atoms with E-state index in [1.54, 1.807) is 0 Å². The van der Waals surface area contributed by atoms with Crippen LogP contribution in [0.4, 0.5) is 0 Å². The smallest absolute Gasteiger partial charge is 0.257 e. The zero-order valence-electron chi connectivity index (χ0n) is 11.8. The van der Waals surface area contributed by atoms with Crippen LogP contribution in [0.25, 0.3) is 0 Å². The molecular weight excluding hydrogens is 254 g/mol. The summed E-state index contributed by atoms with van der Waals surface area (Å²) in [5.41, 5.74) is 1.18. The van der Waals surface area contributed by atoms with Gasteiger partial charge in [0.25, 0.3) is 5.91 Å². The van der Waals surface area contributed by atoms with Crippen molar-refractivity contribution in [2.75, 3.05) is 19.7 Å². The standard InChI is InChI=1S/C15H21N3O2/c1-2-9-17-11-13-4-6-14(7-5-13)20-12-15(19)18-10-3-8-16/h4-7,17H,2-3,9-12H2,1H3,(H,18,19). The number of carbonyl (C=O) groups is 1. The predicted molar refractivity (Wildman–Crippen MR) is 77.2 cm³/mol. The highest BCUT2D eigenvalue weighted by Crippen LogP contribution is 2.11. The second kappa shape index (κ2) is 9.82. The number of rotatable bonds is 9. The molecule has 1 aromatic rings. The number of carbonyl (C=O) groups excluding carboxylic acids is 1. The van der Waals surface area contributed by atoms with Crippen LogP contribution in [0.5, 0.6) is 5.75 Å². The van der Waals surface area contributed by atoms with Crippen molar-refractivity contribution >= 4 is 5.91 Å². The summed E-state index contributed by atoms with van der Waals surface area (Å²) in [6.45, 7) is 4.30. The van der Waals surface area contributed by atoms with Crippen molar-refractivity contribution in [1.29, 1.82) is 5.26 Å². The third-order valence-electron chi connectivity index (χ3n) is 2.61. The topological polar surface area (TPSA) is 74.2 Å². The van der Waals surface area contributed by atoms with Gasteiger partial charge in [-0.2, -0.15) is 5.26 Å². The van der Waals surface area contributed by atoms with E-state index in [9.17, 15) is 4.79 Å². The van der Waals surface area contributed by atoms with Gasteiger partial charge in [-0.3, -0.25) is 4.79 Å². The van der Waals surface area contributed by atoms with Crippen LogP contribution in [0, 0.1) is 11.3 Å². The summed E-state index contributed by atoms with van der Waals surface area (Å²) in [5, 5.41) is 14.3. The molecule has 2 N–H and O–H groups in total. The number of hydrogen-bond acceptors (Lipinski definition) is 4. The summed E-state index contributed by atoms with van der Waals surface area (Å²) in [7, 11) is 0. The molecule has 0 bridgehead atoms. The van der Waals surface area contributed by atoms with E-state index in [1.807, 2.05) is 30.3 Å². The normalized spacial score (nSPS) is 9.80. The predicted octanol–water partition coefficient (Wildman–Crippen LogP) is 1.59. The largest absolute Gasteiger partial charge is 0.484 e. The third-order valence-corrected chi connectivity index (χ3v) is 2.61. The zero-order valence-corrected chi connectivity index (χ0v) is 11.8. The van der Waals surface area contributed by atoms with Gasteiger partial charge in [0.1, 0.15) is 5.75 Å². The van der Waals surface area contributed by atoms with Crippen LogP contribution >= 0.6 is 0 Å². The molecule has 0 unspecified atom stereocenters. The van der Waals surface area contributed by atoms with Gasteiger partial charge >= 0.3 is 0 Å². The van der Waals surface area contributed by atoms with Crippen molar-refractivity contribution < 1.29 is 9.53 Å². The Hall–Kier alpha value is -2.06. The highest BCUT2D eigenvalue weighted by atomic mass is 16.5. The summed E-state index contributed by atoms with van der Waals surface area (Å²) in [6.07, 6.45) is 1.42. The van der Waals surface area contributed by atoms with Gasteiger partial charge in [0.05, 0.1) is 12.5 Å². The molecular formula is C15H21N3O2. The van der Waals surface area contributed by atoms with E-state index in [2.05, 4.69) is 17.6 Å². The van der Waals surface area contributed by atoms with E-state index in [-0.39, 0.29) is 12.5 Å². The molecule has 0 spiro atoms. The van der Waals surface area contributed by atoms with E-state index in [4.69, 9.17) is 10.00 Å². The zero-order chi connectivity index (χ0) is 14.6. The first-order chi connectivity index (χ1) is 9.76. The van der Waals surface area contributed by atoms with Gasteiger partial charge in [0, 0.05) is 13.1 Å². The fraction of sp³-hybridized carbons (Fsp3) is 0.467. The molecule has 5 heteroatoms. The molecule has 0 atom stereocenters. The molecule has 0 radical (unpaired) electrons. The summed E-state index contributed by atoms with van der Waals surface area (Å²) >= 11 is 0. The van der Waals surface area contributed by atoms with Crippen LogP contribution in [0.15, 0.2) is 24.3 Å². The van der Waals surface area contributed by atoms with Gasteiger partial charge in [-0.15, -0.1) is 0 Å². The summed E-state index contributed by atoms with van der Waals surface area (Å²) in [6, 6.07) is 9.62. The maximum Gasteiger partial charge on any atom is 0.257 e. The third kappa shape index (κ3) is 6.76. The number of ether oxygens (including phenoxy) is 1.